The Labute approximate surface area is 199 Å². The predicted octanol–water partition coefficient (Wildman–Crippen LogP) is 7.18. The number of hydrogen-bond donors (Lipinski definition) is 1. The lowest BCUT2D eigenvalue weighted by Gasteiger charge is -2.11. The van der Waals surface area contributed by atoms with Gasteiger partial charge < -0.3 is 5.32 Å². The van der Waals surface area contributed by atoms with Crippen LogP contribution < -0.4 is 5.32 Å². The molecule has 156 valence electrons. The van der Waals surface area contributed by atoms with Crippen molar-refractivity contribution in [1.82, 2.24) is 9.97 Å². The van der Waals surface area contributed by atoms with E-state index in [0.717, 1.165) is 16.5 Å². The summed E-state index contributed by atoms with van der Waals surface area (Å²) in [5, 5.41) is 6.27. The smallest absolute Gasteiger partial charge is 0.190 e. The van der Waals surface area contributed by atoms with Crippen LogP contribution in [0.5, 0.6) is 0 Å². The van der Waals surface area contributed by atoms with Gasteiger partial charge in [0, 0.05) is 22.5 Å². The molecule has 4 nitrogen and oxygen atoms in total. The van der Waals surface area contributed by atoms with Crippen LogP contribution in [0.4, 0.5) is 5.82 Å². The summed E-state index contributed by atoms with van der Waals surface area (Å²) in [4.78, 5) is 21.8. The van der Waals surface area contributed by atoms with E-state index in [4.69, 9.17) is 34.8 Å². The van der Waals surface area contributed by atoms with E-state index in [1.165, 1.54) is 11.8 Å². The number of rotatable bonds is 7. The first-order valence-electron chi connectivity index (χ1n) is 9.36. The number of carbonyl (C=O) groups excluding carboxylic acids is 1. The Morgan fingerprint density at radius 1 is 0.903 bits per heavy atom. The fourth-order valence-corrected chi connectivity index (χ4v) is 4.10. The summed E-state index contributed by atoms with van der Waals surface area (Å²) in [6.45, 7) is 0.588. The van der Waals surface area contributed by atoms with E-state index in [1.807, 2.05) is 48.5 Å². The van der Waals surface area contributed by atoms with Crippen LogP contribution in [0, 0.1) is 0 Å². The second-order valence-electron chi connectivity index (χ2n) is 6.69. The van der Waals surface area contributed by atoms with E-state index in [2.05, 4.69) is 15.3 Å². The number of nitrogens with zero attached hydrogens (tertiary/aromatic N) is 2. The highest BCUT2D eigenvalue weighted by atomic mass is 35.5. The predicted molar refractivity (Wildman–Crippen MR) is 130 cm³/mol. The molecule has 1 aromatic heterocycles. The van der Waals surface area contributed by atoms with Gasteiger partial charge in [0.1, 0.15) is 5.82 Å². The molecule has 31 heavy (non-hydrogen) atoms. The maximum absolute atomic E-state index is 12.6. The van der Waals surface area contributed by atoms with Crippen LogP contribution in [0.25, 0.3) is 10.9 Å². The zero-order chi connectivity index (χ0) is 21.8. The molecule has 0 saturated carbocycles. The lowest BCUT2D eigenvalue weighted by molar-refractivity contribution is 0.102. The first-order chi connectivity index (χ1) is 15.0. The highest BCUT2D eigenvalue weighted by Crippen LogP contribution is 2.27. The molecule has 0 atom stereocenters. The lowest BCUT2D eigenvalue weighted by atomic mass is 10.1. The molecule has 8 heteroatoms. The molecule has 4 aromatic rings. The van der Waals surface area contributed by atoms with Crippen LogP contribution in [0.3, 0.4) is 0 Å². The molecule has 0 unspecified atom stereocenters. The third-order valence-corrected chi connectivity index (χ3v) is 6.37. The number of para-hydroxylation sites is 1. The SMILES string of the molecule is O=C(CSc1nc(NCc2ccc(Cl)cc2)c2ccccc2n1)c1ccc(Cl)c(Cl)c1. The Bertz CT molecular complexity index is 1250. The maximum Gasteiger partial charge on any atom is 0.190 e. The number of aromatic nitrogens is 2. The van der Waals surface area contributed by atoms with E-state index < -0.39 is 0 Å². The minimum Gasteiger partial charge on any atom is -0.365 e. The van der Waals surface area contributed by atoms with Gasteiger partial charge in [-0.3, -0.25) is 4.79 Å². The van der Waals surface area contributed by atoms with Crippen molar-refractivity contribution in [3.05, 3.63) is 92.9 Å². The van der Waals surface area contributed by atoms with Gasteiger partial charge >= 0.3 is 0 Å². The van der Waals surface area contributed by atoms with E-state index in [9.17, 15) is 4.79 Å². The van der Waals surface area contributed by atoms with E-state index in [1.54, 1.807) is 18.2 Å². The molecule has 1 heterocycles. The van der Waals surface area contributed by atoms with Crippen molar-refractivity contribution in [3.8, 4) is 0 Å². The van der Waals surface area contributed by atoms with Gasteiger partial charge in [-0.25, -0.2) is 9.97 Å². The van der Waals surface area contributed by atoms with Gasteiger partial charge in [0.2, 0.25) is 0 Å². The van der Waals surface area contributed by atoms with E-state index in [0.29, 0.717) is 38.2 Å². The number of halogens is 3. The normalized spacial score (nSPS) is 10.9. The molecule has 4 rings (SSSR count). The molecule has 0 bridgehead atoms. The number of ketones is 1. The van der Waals surface area contributed by atoms with Crippen molar-refractivity contribution >= 4 is 69.1 Å². The average Bonchev–Trinajstić information content (AvgIpc) is 2.78. The zero-order valence-corrected chi connectivity index (χ0v) is 19.2. The first kappa shape index (κ1) is 21.9. The highest BCUT2D eigenvalue weighted by Gasteiger charge is 2.13. The topological polar surface area (TPSA) is 54.9 Å². The molecular weight excluding hydrogens is 473 g/mol. The van der Waals surface area contributed by atoms with Crippen molar-refractivity contribution in [2.24, 2.45) is 0 Å². The van der Waals surface area contributed by atoms with Crippen molar-refractivity contribution < 1.29 is 4.79 Å². The minimum absolute atomic E-state index is 0.0731. The van der Waals surface area contributed by atoms with Crippen molar-refractivity contribution in [2.75, 3.05) is 11.1 Å². The van der Waals surface area contributed by atoms with Crippen molar-refractivity contribution in [1.29, 1.82) is 0 Å². The lowest BCUT2D eigenvalue weighted by Crippen LogP contribution is -2.06. The second-order valence-corrected chi connectivity index (χ2v) is 8.89. The molecule has 0 aliphatic heterocycles. The Balaban J connectivity index is 1.53. The molecule has 0 aliphatic rings. The molecule has 0 amide bonds. The number of Topliss-reactive ketones (excluding diaryl/α,β-unsaturated/α-hetero) is 1. The number of benzene rings is 3. The van der Waals surface area contributed by atoms with Crippen LogP contribution in [0.2, 0.25) is 15.1 Å². The maximum atomic E-state index is 12.6. The molecular formula is C23H16Cl3N3OS. The standard InChI is InChI=1S/C23H16Cl3N3OS/c24-16-8-5-14(6-9-16)12-27-22-17-3-1-2-4-20(17)28-23(29-22)31-13-21(30)15-7-10-18(25)19(26)11-15/h1-11H,12-13H2,(H,27,28,29). The number of thioether (sulfide) groups is 1. The fraction of sp³-hybridized carbons (Fsp3) is 0.0870. The molecule has 0 aliphatic carbocycles. The van der Waals surface area contributed by atoms with E-state index in [-0.39, 0.29) is 11.5 Å². The summed E-state index contributed by atoms with van der Waals surface area (Å²) >= 11 is 19.2. The largest absolute Gasteiger partial charge is 0.365 e. The summed E-state index contributed by atoms with van der Waals surface area (Å²) in [6, 6.07) is 20.3. The molecule has 1 N–H and O–H groups in total. The minimum atomic E-state index is -0.0731. The third-order valence-electron chi connectivity index (χ3n) is 4.53. The van der Waals surface area contributed by atoms with Crippen molar-refractivity contribution in [3.63, 3.8) is 0 Å². The number of carbonyl (C=O) groups is 1. The molecule has 0 saturated heterocycles. The van der Waals surface area contributed by atoms with Crippen LogP contribution in [-0.4, -0.2) is 21.5 Å². The van der Waals surface area contributed by atoms with Gasteiger partial charge in [0.05, 0.1) is 21.3 Å². The summed E-state index contributed by atoms with van der Waals surface area (Å²) in [5.41, 5.74) is 2.39. The van der Waals surface area contributed by atoms with Crippen LogP contribution in [-0.2, 0) is 6.54 Å². The van der Waals surface area contributed by atoms with Gasteiger partial charge in [0.15, 0.2) is 10.9 Å². The molecule has 3 aromatic carbocycles. The first-order valence-corrected chi connectivity index (χ1v) is 11.5. The molecule has 0 spiro atoms. The molecule has 0 radical (unpaired) electrons. The van der Waals surface area contributed by atoms with Crippen LogP contribution >= 0.6 is 46.6 Å². The van der Waals surface area contributed by atoms with Gasteiger partial charge in [-0.1, -0.05) is 70.8 Å². The average molecular weight is 489 g/mol. The summed E-state index contributed by atoms with van der Waals surface area (Å²) < 4.78 is 0. The third kappa shape index (κ3) is 5.49. The monoisotopic (exact) mass is 487 g/mol. The number of hydrogen-bond acceptors (Lipinski definition) is 5. The number of nitrogens with one attached hydrogen (secondary N) is 1. The van der Waals surface area contributed by atoms with Gasteiger partial charge in [0.25, 0.3) is 0 Å². The van der Waals surface area contributed by atoms with Gasteiger partial charge in [-0.2, -0.15) is 0 Å². The quantitative estimate of drug-likeness (QED) is 0.170. The summed E-state index contributed by atoms with van der Waals surface area (Å²) in [7, 11) is 0. The Morgan fingerprint density at radius 2 is 1.68 bits per heavy atom. The van der Waals surface area contributed by atoms with Gasteiger partial charge in [-0.05, 0) is 48.0 Å². The van der Waals surface area contributed by atoms with Crippen LogP contribution in [0.1, 0.15) is 15.9 Å². The summed E-state index contributed by atoms with van der Waals surface area (Å²) in [5.74, 6) is 0.827. The van der Waals surface area contributed by atoms with Gasteiger partial charge in [-0.15, -0.1) is 0 Å². The molecule has 0 fully saturated rings. The van der Waals surface area contributed by atoms with Crippen molar-refractivity contribution in [2.45, 2.75) is 11.7 Å². The Morgan fingerprint density at radius 3 is 2.45 bits per heavy atom. The number of anilines is 1. The highest BCUT2D eigenvalue weighted by molar-refractivity contribution is 7.99. The zero-order valence-electron chi connectivity index (χ0n) is 16.1. The second kappa shape index (κ2) is 9.88. The number of fused-ring (bicyclic) bond motifs is 1. The Kier molecular flexibility index (Phi) is 6.98. The fourth-order valence-electron chi connectivity index (χ4n) is 2.93. The Hall–Kier alpha value is -2.31. The summed E-state index contributed by atoms with van der Waals surface area (Å²) in [6.07, 6.45) is 0. The van der Waals surface area contributed by atoms with E-state index >= 15 is 0 Å². The van der Waals surface area contributed by atoms with Crippen LogP contribution in [0.15, 0.2) is 71.9 Å².